The van der Waals surface area contributed by atoms with Crippen molar-refractivity contribution in [2.24, 2.45) is 4.99 Å². The predicted molar refractivity (Wildman–Crippen MR) is 112 cm³/mol. The fourth-order valence-electron chi connectivity index (χ4n) is 2.06. The van der Waals surface area contributed by atoms with Crippen LogP contribution < -0.4 is 20.7 Å². The van der Waals surface area contributed by atoms with Gasteiger partial charge in [-0.1, -0.05) is 18.2 Å². The quantitative estimate of drug-likeness (QED) is 0.230. The Morgan fingerprint density at radius 2 is 2.20 bits per heavy atom. The topological polar surface area (TPSA) is 74.8 Å². The van der Waals surface area contributed by atoms with Crippen molar-refractivity contribution in [3.05, 3.63) is 42.5 Å². The zero-order chi connectivity index (χ0) is 17.2. The molecule has 1 aromatic carbocycles. The number of carbonyl (C=O) groups excluding carboxylic acids is 1. The number of nitrogens with one attached hydrogen (secondary N) is 3. The van der Waals surface area contributed by atoms with Crippen LogP contribution in [0.3, 0.4) is 0 Å². The SMILES string of the molecule is C=CCNC(=NCc1cccc(OCC(=O)NC2CC2)c1)NCC.I. The summed E-state index contributed by atoms with van der Waals surface area (Å²) >= 11 is 0. The van der Waals surface area contributed by atoms with Crippen LogP contribution in [-0.4, -0.2) is 37.6 Å². The molecule has 0 radical (unpaired) electrons. The van der Waals surface area contributed by atoms with E-state index in [-0.39, 0.29) is 36.5 Å². The van der Waals surface area contributed by atoms with Crippen LogP contribution in [0.15, 0.2) is 41.9 Å². The lowest BCUT2D eigenvalue weighted by molar-refractivity contribution is -0.123. The predicted octanol–water partition coefficient (Wildman–Crippen LogP) is 2.20. The molecule has 138 valence electrons. The molecule has 1 saturated carbocycles. The highest BCUT2D eigenvalue weighted by molar-refractivity contribution is 14.0. The molecule has 3 N–H and O–H groups in total. The Kier molecular flexibility index (Phi) is 9.98. The van der Waals surface area contributed by atoms with Gasteiger partial charge >= 0.3 is 0 Å². The number of halogens is 1. The maximum atomic E-state index is 11.7. The van der Waals surface area contributed by atoms with E-state index in [1.54, 1.807) is 6.08 Å². The van der Waals surface area contributed by atoms with E-state index in [9.17, 15) is 4.79 Å². The van der Waals surface area contributed by atoms with Crippen molar-refractivity contribution in [3.63, 3.8) is 0 Å². The van der Waals surface area contributed by atoms with Crippen LogP contribution >= 0.6 is 24.0 Å². The largest absolute Gasteiger partial charge is 0.484 e. The van der Waals surface area contributed by atoms with Crippen LogP contribution in [0.2, 0.25) is 0 Å². The van der Waals surface area contributed by atoms with E-state index in [4.69, 9.17) is 4.74 Å². The first kappa shape index (κ1) is 21.3. The minimum absolute atomic E-state index is 0. The Labute approximate surface area is 166 Å². The van der Waals surface area contributed by atoms with E-state index in [1.807, 2.05) is 31.2 Å². The molecule has 0 unspecified atom stereocenters. The number of ether oxygens (including phenoxy) is 1. The lowest BCUT2D eigenvalue weighted by Gasteiger charge is -2.10. The normalized spacial score (nSPS) is 13.4. The van der Waals surface area contributed by atoms with Gasteiger partial charge in [0.2, 0.25) is 0 Å². The average Bonchev–Trinajstić information content (AvgIpc) is 3.40. The van der Waals surface area contributed by atoms with Crippen LogP contribution in [-0.2, 0) is 11.3 Å². The van der Waals surface area contributed by atoms with Gasteiger partial charge in [0.25, 0.3) is 5.91 Å². The molecular weight excluding hydrogens is 431 g/mol. The smallest absolute Gasteiger partial charge is 0.258 e. The van der Waals surface area contributed by atoms with Crippen molar-refractivity contribution >= 4 is 35.8 Å². The number of amides is 1. The molecule has 0 atom stereocenters. The van der Waals surface area contributed by atoms with Crippen molar-refractivity contribution in [1.29, 1.82) is 0 Å². The van der Waals surface area contributed by atoms with Crippen molar-refractivity contribution < 1.29 is 9.53 Å². The lowest BCUT2D eigenvalue weighted by Crippen LogP contribution is -2.37. The molecule has 1 aliphatic carbocycles. The summed E-state index contributed by atoms with van der Waals surface area (Å²) in [7, 11) is 0. The summed E-state index contributed by atoms with van der Waals surface area (Å²) in [5.74, 6) is 1.36. The van der Waals surface area contributed by atoms with Crippen molar-refractivity contribution in [3.8, 4) is 5.75 Å². The zero-order valence-electron chi connectivity index (χ0n) is 14.6. The Morgan fingerprint density at radius 1 is 1.40 bits per heavy atom. The number of aliphatic imine (C=N–C) groups is 1. The fraction of sp³-hybridized carbons (Fsp3) is 0.444. The number of guanidine groups is 1. The molecule has 1 aliphatic rings. The molecule has 6 nitrogen and oxygen atoms in total. The Balaban J connectivity index is 0.00000312. The van der Waals surface area contributed by atoms with Crippen LogP contribution in [0.4, 0.5) is 0 Å². The number of hydrogen-bond donors (Lipinski definition) is 3. The average molecular weight is 458 g/mol. The molecule has 0 spiro atoms. The second-order valence-corrected chi connectivity index (χ2v) is 5.64. The Hall–Kier alpha value is -1.77. The molecule has 0 aliphatic heterocycles. The molecule has 25 heavy (non-hydrogen) atoms. The second-order valence-electron chi connectivity index (χ2n) is 5.64. The summed E-state index contributed by atoms with van der Waals surface area (Å²) in [4.78, 5) is 16.2. The van der Waals surface area contributed by atoms with Gasteiger partial charge in [-0.05, 0) is 37.5 Å². The number of rotatable bonds is 9. The third-order valence-electron chi connectivity index (χ3n) is 3.39. The van der Waals surface area contributed by atoms with E-state index in [1.165, 1.54) is 0 Å². The third kappa shape index (κ3) is 8.76. The van der Waals surface area contributed by atoms with Crippen LogP contribution in [0.1, 0.15) is 25.3 Å². The molecule has 0 saturated heterocycles. The highest BCUT2D eigenvalue weighted by Crippen LogP contribution is 2.18. The van der Waals surface area contributed by atoms with E-state index in [0.29, 0.717) is 24.9 Å². The van der Waals surface area contributed by atoms with Gasteiger partial charge in [0.1, 0.15) is 5.75 Å². The van der Waals surface area contributed by atoms with Crippen molar-refractivity contribution in [2.75, 3.05) is 19.7 Å². The third-order valence-corrected chi connectivity index (χ3v) is 3.39. The Morgan fingerprint density at radius 3 is 2.88 bits per heavy atom. The highest BCUT2D eigenvalue weighted by atomic mass is 127. The molecule has 0 aromatic heterocycles. The molecule has 0 heterocycles. The lowest BCUT2D eigenvalue weighted by atomic mass is 10.2. The van der Waals surface area contributed by atoms with Gasteiger partial charge in [-0.3, -0.25) is 4.79 Å². The van der Waals surface area contributed by atoms with Crippen LogP contribution in [0.25, 0.3) is 0 Å². The van der Waals surface area contributed by atoms with Crippen molar-refractivity contribution in [1.82, 2.24) is 16.0 Å². The van der Waals surface area contributed by atoms with Crippen LogP contribution in [0.5, 0.6) is 5.75 Å². The minimum Gasteiger partial charge on any atom is -0.484 e. The van der Waals surface area contributed by atoms with Gasteiger partial charge in [0.05, 0.1) is 6.54 Å². The molecule has 1 fully saturated rings. The first-order valence-electron chi connectivity index (χ1n) is 8.35. The molecule has 0 bridgehead atoms. The van der Waals surface area contributed by atoms with E-state index < -0.39 is 0 Å². The number of hydrogen-bond acceptors (Lipinski definition) is 3. The molecule has 1 aromatic rings. The summed E-state index contributed by atoms with van der Waals surface area (Å²) < 4.78 is 5.55. The maximum Gasteiger partial charge on any atom is 0.258 e. The summed E-state index contributed by atoms with van der Waals surface area (Å²) in [5.41, 5.74) is 1.02. The van der Waals surface area contributed by atoms with Crippen molar-refractivity contribution in [2.45, 2.75) is 32.4 Å². The standard InChI is InChI=1S/C18H26N4O2.HI/c1-3-10-20-18(19-4-2)21-12-14-6-5-7-16(11-14)24-13-17(23)22-15-8-9-15;/h3,5-7,11,15H,1,4,8-10,12-13H2,2H3,(H,22,23)(H2,19,20,21);1H. The van der Waals surface area contributed by atoms with Gasteiger partial charge in [-0.15, -0.1) is 30.6 Å². The summed E-state index contributed by atoms with van der Waals surface area (Å²) in [6, 6.07) is 8.00. The molecule has 2 rings (SSSR count). The molecular formula is C18H27IN4O2. The highest BCUT2D eigenvalue weighted by Gasteiger charge is 2.23. The number of nitrogens with zero attached hydrogens (tertiary/aromatic N) is 1. The maximum absolute atomic E-state index is 11.7. The van der Waals surface area contributed by atoms with E-state index in [0.717, 1.165) is 30.9 Å². The number of carbonyl (C=O) groups is 1. The van der Waals surface area contributed by atoms with E-state index >= 15 is 0 Å². The zero-order valence-corrected chi connectivity index (χ0v) is 16.9. The minimum atomic E-state index is -0.0658. The Bertz CT molecular complexity index is 588. The number of benzene rings is 1. The molecule has 7 heteroatoms. The van der Waals surface area contributed by atoms with Gasteiger partial charge in [0.15, 0.2) is 12.6 Å². The van der Waals surface area contributed by atoms with Gasteiger partial charge in [-0.25, -0.2) is 4.99 Å². The summed E-state index contributed by atoms with van der Waals surface area (Å²) in [5, 5.41) is 9.23. The summed E-state index contributed by atoms with van der Waals surface area (Å²) in [6.45, 7) is 7.73. The van der Waals surface area contributed by atoms with E-state index in [2.05, 4.69) is 27.5 Å². The van der Waals surface area contributed by atoms with Crippen LogP contribution in [0, 0.1) is 0 Å². The monoisotopic (exact) mass is 458 g/mol. The van der Waals surface area contributed by atoms with Gasteiger partial charge < -0.3 is 20.7 Å². The first-order chi connectivity index (χ1) is 11.7. The first-order valence-corrected chi connectivity index (χ1v) is 8.35. The van der Waals surface area contributed by atoms with Gasteiger partial charge in [-0.2, -0.15) is 0 Å². The molecule has 1 amide bonds. The summed E-state index contributed by atoms with van der Waals surface area (Å²) in [6.07, 6.45) is 3.94. The second kappa shape index (κ2) is 11.7. The fourth-order valence-corrected chi connectivity index (χ4v) is 2.06. The van der Waals surface area contributed by atoms with Gasteiger partial charge in [0, 0.05) is 19.1 Å².